The quantitative estimate of drug-likeness (QED) is 0.526. The van der Waals surface area contributed by atoms with Crippen molar-refractivity contribution in [3.63, 3.8) is 0 Å². The Bertz CT molecular complexity index is 292. The summed E-state index contributed by atoms with van der Waals surface area (Å²) in [7, 11) is 0. The van der Waals surface area contributed by atoms with Gasteiger partial charge in [-0.25, -0.2) is 9.59 Å². The normalized spacial score (nSPS) is 20.6. The van der Waals surface area contributed by atoms with Crippen LogP contribution in [0.5, 0.6) is 0 Å². The molecule has 0 aromatic carbocycles. The molecular formula is C12H22N2O5. The van der Waals surface area contributed by atoms with Crippen LogP contribution in [-0.4, -0.2) is 54.1 Å². The number of hydrogen-bond donors (Lipinski definition) is 4. The van der Waals surface area contributed by atoms with Gasteiger partial charge in [-0.3, -0.25) is 0 Å². The van der Waals surface area contributed by atoms with Gasteiger partial charge in [0.25, 0.3) is 0 Å². The van der Waals surface area contributed by atoms with Gasteiger partial charge in [0.2, 0.25) is 0 Å². The Labute approximate surface area is 112 Å². The molecule has 2 amide bonds. The van der Waals surface area contributed by atoms with Crippen LogP contribution in [0.15, 0.2) is 0 Å². The molecular weight excluding hydrogens is 252 g/mol. The molecule has 1 aliphatic heterocycles. The number of nitrogens with one attached hydrogen (secondary N) is 2. The predicted octanol–water partition coefficient (Wildman–Crippen LogP) is 0.0804. The van der Waals surface area contributed by atoms with Gasteiger partial charge in [-0.2, -0.15) is 0 Å². The van der Waals surface area contributed by atoms with Gasteiger partial charge >= 0.3 is 12.0 Å². The Kier molecular flexibility index (Phi) is 7.20. The Morgan fingerprint density at radius 1 is 1.37 bits per heavy atom. The maximum Gasteiger partial charge on any atom is 0.326 e. The van der Waals surface area contributed by atoms with Gasteiger partial charge in [0, 0.05) is 26.2 Å². The van der Waals surface area contributed by atoms with Crippen molar-refractivity contribution in [2.45, 2.75) is 44.2 Å². The molecule has 0 aromatic heterocycles. The molecule has 0 aromatic rings. The number of hydrogen-bond acceptors (Lipinski definition) is 4. The number of rotatable bonds is 7. The van der Waals surface area contributed by atoms with Crippen LogP contribution < -0.4 is 10.6 Å². The fraction of sp³-hybridized carbons (Fsp3) is 0.833. The van der Waals surface area contributed by atoms with Crippen LogP contribution in [0.3, 0.4) is 0 Å². The number of aliphatic hydroxyl groups is 1. The van der Waals surface area contributed by atoms with Gasteiger partial charge in [-0.1, -0.05) is 0 Å². The molecule has 1 rings (SSSR count). The topological polar surface area (TPSA) is 108 Å². The third-order valence-electron chi connectivity index (χ3n) is 3.05. The highest BCUT2D eigenvalue weighted by Gasteiger charge is 2.19. The van der Waals surface area contributed by atoms with E-state index in [0.717, 1.165) is 32.3 Å². The van der Waals surface area contributed by atoms with E-state index in [2.05, 4.69) is 10.6 Å². The summed E-state index contributed by atoms with van der Waals surface area (Å²) in [6, 6.07) is -1.59. The lowest BCUT2D eigenvalue weighted by Crippen LogP contribution is -2.47. The Morgan fingerprint density at radius 2 is 2.16 bits per heavy atom. The largest absolute Gasteiger partial charge is 0.480 e. The van der Waals surface area contributed by atoms with Gasteiger partial charge in [-0.15, -0.1) is 0 Å². The van der Waals surface area contributed by atoms with E-state index in [1.807, 2.05) is 0 Å². The lowest BCUT2D eigenvalue weighted by molar-refractivity contribution is -0.139. The number of ether oxygens (including phenoxy) is 1. The summed E-state index contributed by atoms with van der Waals surface area (Å²) in [6.45, 7) is 0.934. The van der Waals surface area contributed by atoms with E-state index >= 15 is 0 Å². The summed E-state index contributed by atoms with van der Waals surface area (Å²) in [5, 5.41) is 22.4. The average Bonchev–Trinajstić information content (AvgIpc) is 2.39. The van der Waals surface area contributed by atoms with E-state index < -0.39 is 18.0 Å². The summed E-state index contributed by atoms with van der Waals surface area (Å²) in [4.78, 5) is 22.2. The van der Waals surface area contributed by atoms with Crippen LogP contribution in [0.4, 0.5) is 4.79 Å². The lowest BCUT2D eigenvalue weighted by atomic mass is 10.1. The maximum atomic E-state index is 11.5. The second-order valence-corrected chi connectivity index (χ2v) is 4.58. The Hall–Kier alpha value is -1.34. The molecule has 0 spiro atoms. The first-order valence-corrected chi connectivity index (χ1v) is 6.63. The monoisotopic (exact) mass is 274 g/mol. The molecule has 2 unspecified atom stereocenters. The van der Waals surface area contributed by atoms with Crippen LogP contribution in [-0.2, 0) is 9.53 Å². The fourth-order valence-corrected chi connectivity index (χ4v) is 1.98. The Morgan fingerprint density at radius 3 is 2.74 bits per heavy atom. The van der Waals surface area contributed by atoms with E-state index in [4.69, 9.17) is 14.9 Å². The minimum Gasteiger partial charge on any atom is -0.480 e. The molecule has 1 fully saturated rings. The number of urea groups is 1. The second kappa shape index (κ2) is 8.71. The third-order valence-corrected chi connectivity index (χ3v) is 3.05. The molecule has 110 valence electrons. The van der Waals surface area contributed by atoms with E-state index in [0.29, 0.717) is 6.54 Å². The molecule has 7 nitrogen and oxygen atoms in total. The molecule has 19 heavy (non-hydrogen) atoms. The predicted molar refractivity (Wildman–Crippen MR) is 67.9 cm³/mol. The minimum absolute atomic E-state index is 0.00547. The SMILES string of the molecule is O=C(NCCC1CCCCO1)NC(CCO)C(=O)O. The van der Waals surface area contributed by atoms with Crippen LogP contribution in [0.1, 0.15) is 32.1 Å². The number of carboxylic acid groups (broad SMARTS) is 1. The summed E-state index contributed by atoms with van der Waals surface area (Å²) in [5.74, 6) is -1.15. The van der Waals surface area contributed by atoms with Crippen LogP contribution in [0.25, 0.3) is 0 Å². The number of carboxylic acids is 1. The molecule has 0 aliphatic carbocycles. The third kappa shape index (κ3) is 6.40. The summed E-state index contributed by atoms with van der Waals surface area (Å²) in [5.41, 5.74) is 0. The molecule has 1 heterocycles. The van der Waals surface area contributed by atoms with Gasteiger partial charge in [0.15, 0.2) is 0 Å². The first kappa shape index (κ1) is 15.7. The van der Waals surface area contributed by atoms with Crippen molar-refractivity contribution in [1.82, 2.24) is 10.6 Å². The minimum atomic E-state index is -1.15. The van der Waals surface area contributed by atoms with Crippen LogP contribution >= 0.6 is 0 Å². The molecule has 2 atom stereocenters. The molecule has 0 saturated carbocycles. The zero-order valence-electron chi connectivity index (χ0n) is 10.9. The van der Waals surface area contributed by atoms with E-state index in [-0.39, 0.29) is 19.1 Å². The molecule has 7 heteroatoms. The lowest BCUT2D eigenvalue weighted by Gasteiger charge is -2.22. The zero-order chi connectivity index (χ0) is 14.1. The van der Waals surface area contributed by atoms with Crippen molar-refractivity contribution in [1.29, 1.82) is 0 Å². The zero-order valence-corrected chi connectivity index (χ0v) is 10.9. The first-order valence-electron chi connectivity index (χ1n) is 6.63. The average molecular weight is 274 g/mol. The Balaban J connectivity index is 2.17. The van der Waals surface area contributed by atoms with Gasteiger partial charge in [0.1, 0.15) is 6.04 Å². The number of aliphatic hydroxyl groups excluding tert-OH is 1. The van der Waals surface area contributed by atoms with E-state index in [1.54, 1.807) is 0 Å². The second-order valence-electron chi connectivity index (χ2n) is 4.58. The van der Waals surface area contributed by atoms with Crippen molar-refractivity contribution in [3.8, 4) is 0 Å². The molecule has 1 aliphatic rings. The first-order chi connectivity index (χ1) is 9.13. The van der Waals surface area contributed by atoms with Crippen LogP contribution in [0, 0.1) is 0 Å². The van der Waals surface area contributed by atoms with Gasteiger partial charge < -0.3 is 25.6 Å². The van der Waals surface area contributed by atoms with Crippen molar-refractivity contribution in [3.05, 3.63) is 0 Å². The highest BCUT2D eigenvalue weighted by atomic mass is 16.5. The highest BCUT2D eigenvalue weighted by molar-refractivity contribution is 5.82. The molecule has 4 N–H and O–H groups in total. The van der Waals surface area contributed by atoms with E-state index in [1.165, 1.54) is 0 Å². The van der Waals surface area contributed by atoms with Gasteiger partial charge in [-0.05, 0) is 25.7 Å². The summed E-state index contributed by atoms with van der Waals surface area (Å²) >= 11 is 0. The summed E-state index contributed by atoms with van der Waals surface area (Å²) in [6.07, 6.45) is 4.15. The number of carbonyl (C=O) groups is 2. The number of amides is 2. The standard InChI is InChI=1S/C12H22N2O5/c15-7-5-10(11(16)17)14-12(18)13-6-4-9-3-1-2-8-19-9/h9-10,15H,1-8H2,(H,16,17)(H2,13,14,18). The van der Waals surface area contributed by atoms with Crippen molar-refractivity contribution < 1.29 is 24.5 Å². The fourth-order valence-electron chi connectivity index (χ4n) is 1.98. The van der Waals surface area contributed by atoms with Crippen molar-refractivity contribution in [2.24, 2.45) is 0 Å². The van der Waals surface area contributed by atoms with Crippen LogP contribution in [0.2, 0.25) is 0 Å². The van der Waals surface area contributed by atoms with Crippen molar-refractivity contribution in [2.75, 3.05) is 19.8 Å². The maximum absolute atomic E-state index is 11.5. The molecule has 0 bridgehead atoms. The highest BCUT2D eigenvalue weighted by Crippen LogP contribution is 2.14. The number of aliphatic carboxylic acids is 1. The van der Waals surface area contributed by atoms with E-state index in [9.17, 15) is 9.59 Å². The van der Waals surface area contributed by atoms with Crippen molar-refractivity contribution >= 4 is 12.0 Å². The molecule has 0 radical (unpaired) electrons. The number of carbonyl (C=O) groups excluding carboxylic acids is 1. The molecule has 1 saturated heterocycles. The summed E-state index contributed by atoms with van der Waals surface area (Å²) < 4.78 is 5.52. The van der Waals surface area contributed by atoms with Gasteiger partial charge in [0.05, 0.1) is 6.10 Å². The smallest absolute Gasteiger partial charge is 0.326 e.